The Kier molecular flexibility index (Phi) is 4.65. The highest BCUT2D eigenvalue weighted by molar-refractivity contribution is 6.31. The fourth-order valence-corrected chi connectivity index (χ4v) is 1.95. The van der Waals surface area contributed by atoms with Gasteiger partial charge in [-0.3, -0.25) is 0 Å². The van der Waals surface area contributed by atoms with Crippen LogP contribution in [0.5, 0.6) is 5.75 Å². The molecule has 0 spiro atoms. The SMILES string of the molecule is Cc1cc(OCc2ccc(F)cc2C(N)=NO)ccc1Cl. The third-order valence-corrected chi connectivity index (χ3v) is 3.40. The molecule has 0 saturated carbocycles. The zero-order valence-electron chi connectivity index (χ0n) is 11.3. The number of hydrogen-bond donors (Lipinski definition) is 2. The molecule has 2 rings (SSSR count). The minimum absolute atomic E-state index is 0.160. The minimum Gasteiger partial charge on any atom is -0.489 e. The monoisotopic (exact) mass is 308 g/mol. The summed E-state index contributed by atoms with van der Waals surface area (Å²) in [5.74, 6) is -0.00485. The van der Waals surface area contributed by atoms with Gasteiger partial charge < -0.3 is 15.7 Å². The molecule has 110 valence electrons. The van der Waals surface area contributed by atoms with E-state index in [1.165, 1.54) is 18.2 Å². The van der Waals surface area contributed by atoms with E-state index >= 15 is 0 Å². The Balaban J connectivity index is 2.21. The Bertz CT molecular complexity index is 689. The summed E-state index contributed by atoms with van der Waals surface area (Å²) < 4.78 is 18.9. The topological polar surface area (TPSA) is 67.8 Å². The summed E-state index contributed by atoms with van der Waals surface area (Å²) >= 11 is 5.94. The van der Waals surface area contributed by atoms with Gasteiger partial charge in [0, 0.05) is 16.1 Å². The molecule has 4 nitrogen and oxygen atoms in total. The first-order chi connectivity index (χ1) is 10.0. The molecule has 21 heavy (non-hydrogen) atoms. The lowest BCUT2D eigenvalue weighted by Gasteiger charge is -2.11. The Labute approximate surface area is 126 Å². The Morgan fingerprint density at radius 1 is 1.33 bits per heavy atom. The maximum Gasteiger partial charge on any atom is 0.170 e. The smallest absolute Gasteiger partial charge is 0.170 e. The molecule has 0 aliphatic carbocycles. The lowest BCUT2D eigenvalue weighted by molar-refractivity contribution is 0.304. The van der Waals surface area contributed by atoms with Gasteiger partial charge in [-0.15, -0.1) is 0 Å². The van der Waals surface area contributed by atoms with E-state index in [0.29, 0.717) is 21.9 Å². The second-order valence-corrected chi connectivity index (χ2v) is 4.89. The number of benzene rings is 2. The zero-order valence-corrected chi connectivity index (χ0v) is 12.1. The maximum absolute atomic E-state index is 13.3. The molecule has 0 atom stereocenters. The van der Waals surface area contributed by atoms with E-state index < -0.39 is 5.82 Å². The zero-order chi connectivity index (χ0) is 15.4. The van der Waals surface area contributed by atoms with Crippen molar-refractivity contribution in [2.45, 2.75) is 13.5 Å². The van der Waals surface area contributed by atoms with E-state index in [2.05, 4.69) is 5.16 Å². The fourth-order valence-electron chi connectivity index (χ4n) is 1.83. The molecular weight excluding hydrogens is 295 g/mol. The van der Waals surface area contributed by atoms with Crippen molar-refractivity contribution in [3.05, 3.63) is 63.9 Å². The molecule has 0 radical (unpaired) electrons. The summed E-state index contributed by atoms with van der Waals surface area (Å²) in [5.41, 5.74) is 7.34. The lowest BCUT2D eigenvalue weighted by Crippen LogP contribution is -2.16. The van der Waals surface area contributed by atoms with Gasteiger partial charge in [-0.25, -0.2) is 4.39 Å². The van der Waals surface area contributed by atoms with Crippen LogP contribution in [0.4, 0.5) is 4.39 Å². The third kappa shape index (κ3) is 3.64. The minimum atomic E-state index is -0.470. The first-order valence-electron chi connectivity index (χ1n) is 6.16. The van der Waals surface area contributed by atoms with Crippen LogP contribution in [0.2, 0.25) is 5.02 Å². The Morgan fingerprint density at radius 3 is 2.76 bits per heavy atom. The van der Waals surface area contributed by atoms with Gasteiger partial charge in [-0.1, -0.05) is 22.8 Å². The van der Waals surface area contributed by atoms with Crippen molar-refractivity contribution in [2.24, 2.45) is 10.9 Å². The molecule has 0 heterocycles. The maximum atomic E-state index is 13.3. The summed E-state index contributed by atoms with van der Waals surface area (Å²) in [4.78, 5) is 0. The van der Waals surface area contributed by atoms with Gasteiger partial charge in [0.2, 0.25) is 0 Å². The predicted molar refractivity (Wildman–Crippen MR) is 79.4 cm³/mol. The number of nitrogens with two attached hydrogens (primary N) is 1. The van der Waals surface area contributed by atoms with Crippen LogP contribution in [0.25, 0.3) is 0 Å². The molecule has 0 aliphatic heterocycles. The quantitative estimate of drug-likeness (QED) is 0.393. The van der Waals surface area contributed by atoms with E-state index in [-0.39, 0.29) is 12.4 Å². The summed E-state index contributed by atoms with van der Waals surface area (Å²) in [6, 6.07) is 9.30. The van der Waals surface area contributed by atoms with Crippen molar-refractivity contribution in [1.29, 1.82) is 0 Å². The van der Waals surface area contributed by atoms with Crippen molar-refractivity contribution in [1.82, 2.24) is 0 Å². The Morgan fingerprint density at radius 2 is 2.10 bits per heavy atom. The molecular formula is C15H14ClFN2O2. The van der Waals surface area contributed by atoms with Crippen molar-refractivity contribution >= 4 is 17.4 Å². The molecule has 0 fully saturated rings. The van der Waals surface area contributed by atoms with E-state index in [9.17, 15) is 4.39 Å². The summed E-state index contributed by atoms with van der Waals surface area (Å²) in [7, 11) is 0. The number of nitrogens with zero attached hydrogens (tertiary/aromatic N) is 1. The molecule has 2 aromatic rings. The van der Waals surface area contributed by atoms with Crippen molar-refractivity contribution in [3.63, 3.8) is 0 Å². The Hall–Kier alpha value is -2.27. The van der Waals surface area contributed by atoms with Crippen LogP contribution in [0.15, 0.2) is 41.6 Å². The summed E-state index contributed by atoms with van der Waals surface area (Å²) in [6.07, 6.45) is 0. The molecule has 0 unspecified atom stereocenters. The van der Waals surface area contributed by atoms with Crippen molar-refractivity contribution < 1.29 is 14.3 Å². The number of amidine groups is 1. The van der Waals surface area contributed by atoms with Gasteiger partial charge in [0.15, 0.2) is 5.84 Å². The average molecular weight is 309 g/mol. The fraction of sp³-hybridized carbons (Fsp3) is 0.133. The van der Waals surface area contributed by atoms with Gasteiger partial charge in [-0.2, -0.15) is 0 Å². The van der Waals surface area contributed by atoms with Crippen molar-refractivity contribution in [2.75, 3.05) is 0 Å². The van der Waals surface area contributed by atoms with Crippen LogP contribution in [-0.4, -0.2) is 11.0 Å². The number of hydrogen-bond acceptors (Lipinski definition) is 3. The first-order valence-corrected chi connectivity index (χ1v) is 6.54. The third-order valence-electron chi connectivity index (χ3n) is 2.98. The molecule has 0 aromatic heterocycles. The number of rotatable bonds is 4. The van der Waals surface area contributed by atoms with Crippen LogP contribution < -0.4 is 10.5 Å². The van der Waals surface area contributed by atoms with E-state index in [1.54, 1.807) is 18.2 Å². The average Bonchev–Trinajstić information content (AvgIpc) is 2.48. The number of aryl methyl sites for hydroxylation is 1. The van der Waals surface area contributed by atoms with E-state index in [4.69, 9.17) is 27.3 Å². The first kappa shape index (κ1) is 15.1. The van der Waals surface area contributed by atoms with Crippen LogP contribution in [0.1, 0.15) is 16.7 Å². The highest BCUT2D eigenvalue weighted by atomic mass is 35.5. The van der Waals surface area contributed by atoms with Crippen LogP contribution in [0, 0.1) is 12.7 Å². The second kappa shape index (κ2) is 6.45. The molecule has 3 N–H and O–H groups in total. The predicted octanol–water partition coefficient (Wildman–Crippen LogP) is 3.46. The van der Waals surface area contributed by atoms with E-state index in [0.717, 1.165) is 5.56 Å². The highest BCUT2D eigenvalue weighted by Gasteiger charge is 2.10. The van der Waals surface area contributed by atoms with Crippen LogP contribution in [0.3, 0.4) is 0 Å². The van der Waals surface area contributed by atoms with Crippen molar-refractivity contribution in [3.8, 4) is 5.75 Å². The number of ether oxygens (including phenoxy) is 1. The second-order valence-electron chi connectivity index (χ2n) is 4.49. The number of halogens is 2. The molecule has 0 saturated heterocycles. The van der Waals surface area contributed by atoms with Crippen LogP contribution in [-0.2, 0) is 6.61 Å². The van der Waals surface area contributed by atoms with Gasteiger partial charge in [0.25, 0.3) is 0 Å². The molecule has 2 aromatic carbocycles. The molecule has 6 heteroatoms. The standard InChI is InChI=1S/C15H14ClFN2O2/c1-9-6-12(4-5-14(9)16)21-8-10-2-3-11(17)7-13(10)15(18)19-20/h2-7,20H,8H2,1H3,(H2,18,19). The largest absolute Gasteiger partial charge is 0.489 e. The van der Waals surface area contributed by atoms with Crippen LogP contribution >= 0.6 is 11.6 Å². The molecule has 0 aliphatic rings. The van der Waals surface area contributed by atoms with Gasteiger partial charge in [0.05, 0.1) is 0 Å². The summed E-state index contributed by atoms with van der Waals surface area (Å²) in [5, 5.41) is 12.3. The van der Waals surface area contributed by atoms with Gasteiger partial charge >= 0.3 is 0 Å². The highest BCUT2D eigenvalue weighted by Crippen LogP contribution is 2.22. The summed E-state index contributed by atoms with van der Waals surface area (Å²) in [6.45, 7) is 2.03. The van der Waals surface area contributed by atoms with E-state index in [1.807, 2.05) is 6.92 Å². The van der Waals surface area contributed by atoms with Gasteiger partial charge in [0.1, 0.15) is 18.2 Å². The molecule has 0 amide bonds. The molecule has 0 bridgehead atoms. The normalized spacial score (nSPS) is 11.5. The lowest BCUT2D eigenvalue weighted by atomic mass is 10.1. The number of oxime groups is 1. The van der Waals surface area contributed by atoms with Gasteiger partial charge in [-0.05, 0) is 42.8 Å².